The van der Waals surface area contributed by atoms with E-state index in [-0.39, 0.29) is 0 Å². The SMILES string of the molecule is c1cc2cc3c(cc2c(NCC2CCSC2)n1)OCO3. The molecule has 0 aliphatic carbocycles. The maximum absolute atomic E-state index is 5.46. The van der Waals surface area contributed by atoms with Gasteiger partial charge in [0.2, 0.25) is 6.79 Å². The van der Waals surface area contributed by atoms with Gasteiger partial charge < -0.3 is 14.8 Å². The summed E-state index contributed by atoms with van der Waals surface area (Å²) < 4.78 is 10.9. The van der Waals surface area contributed by atoms with Crippen LogP contribution >= 0.6 is 11.8 Å². The Morgan fingerprint density at radius 1 is 1.30 bits per heavy atom. The molecule has 3 heterocycles. The average molecular weight is 288 g/mol. The van der Waals surface area contributed by atoms with Gasteiger partial charge in [0.25, 0.3) is 0 Å². The minimum absolute atomic E-state index is 0.307. The molecule has 0 spiro atoms. The van der Waals surface area contributed by atoms with E-state index in [1.54, 1.807) is 0 Å². The smallest absolute Gasteiger partial charge is 0.231 e. The van der Waals surface area contributed by atoms with E-state index in [1.165, 1.54) is 17.9 Å². The van der Waals surface area contributed by atoms with Gasteiger partial charge >= 0.3 is 0 Å². The lowest BCUT2D eigenvalue weighted by molar-refractivity contribution is 0.174. The standard InChI is InChI=1S/C15H16N2O2S/c1-3-16-15(17-7-10-2-4-20-8-10)12-6-14-13(5-11(1)12)18-9-19-14/h1,3,5-6,10H,2,4,7-9H2,(H,16,17). The van der Waals surface area contributed by atoms with E-state index in [4.69, 9.17) is 9.47 Å². The molecular weight excluding hydrogens is 272 g/mol. The van der Waals surface area contributed by atoms with Gasteiger partial charge in [-0.3, -0.25) is 0 Å². The number of aromatic nitrogens is 1. The number of thioether (sulfide) groups is 1. The Morgan fingerprint density at radius 2 is 2.20 bits per heavy atom. The largest absolute Gasteiger partial charge is 0.454 e. The van der Waals surface area contributed by atoms with Gasteiger partial charge in [-0.15, -0.1) is 0 Å². The maximum Gasteiger partial charge on any atom is 0.231 e. The predicted molar refractivity (Wildman–Crippen MR) is 81.8 cm³/mol. The molecule has 4 rings (SSSR count). The van der Waals surface area contributed by atoms with Crippen LogP contribution in [0.4, 0.5) is 5.82 Å². The fourth-order valence-electron chi connectivity index (χ4n) is 2.69. The lowest BCUT2D eigenvalue weighted by Gasteiger charge is -2.12. The summed E-state index contributed by atoms with van der Waals surface area (Å²) in [6, 6.07) is 6.06. The lowest BCUT2D eigenvalue weighted by atomic mass is 10.1. The first-order valence-electron chi connectivity index (χ1n) is 6.90. The number of hydrogen-bond donors (Lipinski definition) is 1. The van der Waals surface area contributed by atoms with Crippen molar-refractivity contribution in [3.8, 4) is 11.5 Å². The molecule has 104 valence electrons. The molecule has 1 saturated heterocycles. The Labute approximate surface area is 121 Å². The highest BCUT2D eigenvalue weighted by Crippen LogP contribution is 2.37. The third-order valence-electron chi connectivity index (χ3n) is 3.84. The predicted octanol–water partition coefficient (Wildman–Crippen LogP) is 3.13. The Balaban J connectivity index is 1.64. The molecule has 4 nitrogen and oxygen atoms in total. The van der Waals surface area contributed by atoms with Crippen molar-refractivity contribution in [2.75, 3.05) is 30.2 Å². The van der Waals surface area contributed by atoms with Crippen LogP contribution in [0.25, 0.3) is 10.8 Å². The van der Waals surface area contributed by atoms with Gasteiger partial charge in [0.15, 0.2) is 11.5 Å². The van der Waals surface area contributed by atoms with Crippen molar-refractivity contribution in [2.45, 2.75) is 6.42 Å². The highest BCUT2D eigenvalue weighted by Gasteiger charge is 2.18. The van der Waals surface area contributed by atoms with Crippen LogP contribution in [0.2, 0.25) is 0 Å². The summed E-state index contributed by atoms with van der Waals surface area (Å²) in [5.41, 5.74) is 0. The van der Waals surface area contributed by atoms with Gasteiger partial charge in [0.05, 0.1) is 0 Å². The summed E-state index contributed by atoms with van der Waals surface area (Å²) in [6.45, 7) is 1.30. The van der Waals surface area contributed by atoms with Crippen LogP contribution in [0.15, 0.2) is 24.4 Å². The second kappa shape index (κ2) is 5.05. The van der Waals surface area contributed by atoms with Crippen LogP contribution in [0.1, 0.15) is 6.42 Å². The molecule has 1 aromatic carbocycles. The molecule has 1 fully saturated rings. The summed E-state index contributed by atoms with van der Waals surface area (Å²) >= 11 is 2.04. The third kappa shape index (κ3) is 2.16. The molecule has 1 aromatic heterocycles. The van der Waals surface area contributed by atoms with Crippen molar-refractivity contribution in [1.29, 1.82) is 0 Å². The quantitative estimate of drug-likeness (QED) is 0.940. The summed E-state index contributed by atoms with van der Waals surface area (Å²) in [5, 5.41) is 5.73. The molecule has 1 atom stereocenters. The average Bonchev–Trinajstić information content (AvgIpc) is 3.13. The molecule has 20 heavy (non-hydrogen) atoms. The number of hydrogen-bond acceptors (Lipinski definition) is 5. The summed E-state index contributed by atoms with van der Waals surface area (Å²) in [6.07, 6.45) is 3.14. The minimum atomic E-state index is 0.307. The molecule has 1 N–H and O–H groups in total. The van der Waals surface area contributed by atoms with E-state index < -0.39 is 0 Å². The summed E-state index contributed by atoms with van der Waals surface area (Å²) in [4.78, 5) is 4.48. The van der Waals surface area contributed by atoms with Crippen molar-refractivity contribution in [3.05, 3.63) is 24.4 Å². The normalized spacial score (nSPS) is 20.5. The second-order valence-electron chi connectivity index (χ2n) is 5.20. The van der Waals surface area contributed by atoms with Crippen LogP contribution in [0, 0.1) is 5.92 Å². The Morgan fingerprint density at radius 3 is 3.05 bits per heavy atom. The summed E-state index contributed by atoms with van der Waals surface area (Å²) in [5.74, 6) is 5.87. The van der Waals surface area contributed by atoms with Gasteiger partial charge in [-0.2, -0.15) is 11.8 Å². The van der Waals surface area contributed by atoms with Crippen LogP contribution in [-0.4, -0.2) is 29.8 Å². The van der Waals surface area contributed by atoms with Gasteiger partial charge in [0, 0.05) is 18.1 Å². The van der Waals surface area contributed by atoms with E-state index in [2.05, 4.69) is 10.3 Å². The zero-order chi connectivity index (χ0) is 13.4. The highest BCUT2D eigenvalue weighted by atomic mass is 32.2. The van der Waals surface area contributed by atoms with Gasteiger partial charge in [-0.05, 0) is 47.4 Å². The monoisotopic (exact) mass is 288 g/mol. The van der Waals surface area contributed by atoms with E-state index in [0.717, 1.165) is 40.6 Å². The first-order valence-corrected chi connectivity index (χ1v) is 8.05. The van der Waals surface area contributed by atoms with Crippen molar-refractivity contribution in [3.63, 3.8) is 0 Å². The molecular formula is C15H16N2O2S. The van der Waals surface area contributed by atoms with Crippen molar-refractivity contribution < 1.29 is 9.47 Å². The Hall–Kier alpha value is -1.62. The fourth-order valence-corrected chi connectivity index (χ4v) is 3.97. The molecule has 0 radical (unpaired) electrons. The molecule has 2 aliphatic rings. The molecule has 2 aromatic rings. The molecule has 1 unspecified atom stereocenters. The van der Waals surface area contributed by atoms with E-state index >= 15 is 0 Å². The number of rotatable bonds is 3. The van der Waals surface area contributed by atoms with Crippen LogP contribution in [0.3, 0.4) is 0 Å². The first-order chi connectivity index (χ1) is 9.90. The first kappa shape index (κ1) is 12.1. The van der Waals surface area contributed by atoms with Crippen LogP contribution in [0.5, 0.6) is 11.5 Å². The number of benzene rings is 1. The van der Waals surface area contributed by atoms with E-state index in [9.17, 15) is 0 Å². The zero-order valence-electron chi connectivity index (χ0n) is 11.1. The highest BCUT2D eigenvalue weighted by molar-refractivity contribution is 7.99. The Kier molecular flexibility index (Phi) is 3.07. The number of ether oxygens (including phenoxy) is 2. The van der Waals surface area contributed by atoms with Crippen molar-refractivity contribution in [2.24, 2.45) is 5.92 Å². The Bertz CT molecular complexity index is 641. The lowest BCUT2D eigenvalue weighted by Crippen LogP contribution is -2.14. The molecule has 0 saturated carbocycles. The van der Waals surface area contributed by atoms with Crippen LogP contribution in [-0.2, 0) is 0 Å². The topological polar surface area (TPSA) is 43.4 Å². The van der Waals surface area contributed by atoms with Gasteiger partial charge in [-0.1, -0.05) is 0 Å². The number of nitrogens with zero attached hydrogens (tertiary/aromatic N) is 1. The fraction of sp³-hybridized carbons (Fsp3) is 0.400. The van der Waals surface area contributed by atoms with E-state index in [0.29, 0.717) is 6.79 Å². The number of anilines is 1. The number of pyridine rings is 1. The minimum Gasteiger partial charge on any atom is -0.454 e. The number of nitrogens with one attached hydrogen (secondary N) is 1. The van der Waals surface area contributed by atoms with Gasteiger partial charge in [0.1, 0.15) is 5.82 Å². The van der Waals surface area contributed by atoms with Crippen molar-refractivity contribution >= 4 is 28.4 Å². The van der Waals surface area contributed by atoms with E-state index in [1.807, 2.05) is 36.2 Å². The van der Waals surface area contributed by atoms with Gasteiger partial charge in [-0.25, -0.2) is 4.98 Å². The maximum atomic E-state index is 5.46. The molecule has 2 aliphatic heterocycles. The number of fused-ring (bicyclic) bond motifs is 2. The third-order valence-corrected chi connectivity index (χ3v) is 5.07. The summed E-state index contributed by atoms with van der Waals surface area (Å²) in [7, 11) is 0. The zero-order valence-corrected chi connectivity index (χ0v) is 11.9. The van der Waals surface area contributed by atoms with Crippen LogP contribution < -0.4 is 14.8 Å². The van der Waals surface area contributed by atoms with Crippen molar-refractivity contribution in [1.82, 2.24) is 4.98 Å². The molecule has 5 heteroatoms. The molecule has 0 amide bonds. The molecule has 0 bridgehead atoms. The second-order valence-corrected chi connectivity index (χ2v) is 6.35.